The van der Waals surface area contributed by atoms with Gasteiger partial charge in [0.25, 0.3) is 0 Å². The van der Waals surface area contributed by atoms with Crippen LogP contribution in [0.1, 0.15) is 29.6 Å². The number of phenols is 1. The second kappa shape index (κ2) is 6.15. The number of hydrogen-bond acceptors (Lipinski definition) is 4. The molecular weight excluding hydrogens is 300 g/mol. The molecule has 1 aliphatic heterocycles. The zero-order chi connectivity index (χ0) is 16.5. The minimum atomic E-state index is 0.0710. The van der Waals surface area contributed by atoms with E-state index in [1.54, 1.807) is 7.11 Å². The van der Waals surface area contributed by atoms with Crippen LogP contribution in [0.15, 0.2) is 60.7 Å². The van der Waals surface area contributed by atoms with Crippen LogP contribution in [0.3, 0.4) is 0 Å². The number of hydrogen-bond donors (Lipinski definition) is 3. The van der Waals surface area contributed by atoms with Crippen LogP contribution in [0.25, 0.3) is 10.8 Å². The number of ether oxygens (including phenoxy) is 1. The van der Waals surface area contributed by atoms with E-state index in [2.05, 4.69) is 29.1 Å². The third-order valence-corrected chi connectivity index (χ3v) is 4.73. The van der Waals surface area contributed by atoms with Crippen molar-refractivity contribution >= 4 is 10.8 Å². The average molecular weight is 320 g/mol. The molecule has 0 bridgehead atoms. The molecule has 1 aliphatic rings. The number of nitrogens with one attached hydrogen (secondary N) is 2. The van der Waals surface area contributed by atoms with Crippen molar-refractivity contribution in [3.63, 3.8) is 0 Å². The van der Waals surface area contributed by atoms with Crippen LogP contribution in [0.4, 0.5) is 0 Å². The molecule has 3 aromatic rings. The van der Waals surface area contributed by atoms with E-state index in [1.807, 2.05) is 42.5 Å². The molecule has 24 heavy (non-hydrogen) atoms. The number of fused-ring (bicyclic) bond motifs is 1. The molecule has 4 nitrogen and oxygen atoms in total. The van der Waals surface area contributed by atoms with Gasteiger partial charge in [0.1, 0.15) is 11.5 Å². The molecule has 3 N–H and O–H groups in total. The summed E-state index contributed by atoms with van der Waals surface area (Å²) in [5, 5.41) is 12.6. The minimum Gasteiger partial charge on any atom is -0.507 e. The van der Waals surface area contributed by atoms with E-state index in [4.69, 9.17) is 4.74 Å². The van der Waals surface area contributed by atoms with E-state index < -0.39 is 0 Å². The van der Waals surface area contributed by atoms with Crippen LogP contribution in [0.5, 0.6) is 11.5 Å². The molecule has 122 valence electrons. The van der Waals surface area contributed by atoms with Crippen LogP contribution in [-0.2, 0) is 0 Å². The molecule has 1 heterocycles. The summed E-state index contributed by atoms with van der Waals surface area (Å²) in [6.07, 6.45) is 0.873. The van der Waals surface area contributed by atoms with E-state index >= 15 is 0 Å². The molecule has 4 rings (SSSR count). The lowest BCUT2D eigenvalue weighted by Gasteiger charge is -2.14. The van der Waals surface area contributed by atoms with Crippen molar-refractivity contribution in [1.82, 2.24) is 10.9 Å². The number of benzene rings is 3. The van der Waals surface area contributed by atoms with Crippen LogP contribution in [0.2, 0.25) is 0 Å². The Kier molecular flexibility index (Phi) is 3.84. The molecule has 2 atom stereocenters. The predicted molar refractivity (Wildman–Crippen MR) is 95.0 cm³/mol. The van der Waals surface area contributed by atoms with Gasteiger partial charge in [-0.1, -0.05) is 48.5 Å². The topological polar surface area (TPSA) is 53.5 Å². The summed E-state index contributed by atoms with van der Waals surface area (Å²) in [4.78, 5) is 0. The van der Waals surface area contributed by atoms with E-state index in [0.29, 0.717) is 5.75 Å². The van der Waals surface area contributed by atoms with E-state index in [0.717, 1.165) is 28.5 Å². The van der Waals surface area contributed by atoms with Crippen molar-refractivity contribution in [3.8, 4) is 11.5 Å². The molecule has 0 saturated carbocycles. The van der Waals surface area contributed by atoms with Gasteiger partial charge in [-0.25, -0.2) is 10.9 Å². The lowest BCUT2D eigenvalue weighted by atomic mass is 9.95. The summed E-state index contributed by atoms with van der Waals surface area (Å²) in [6.45, 7) is 0. The lowest BCUT2D eigenvalue weighted by Crippen LogP contribution is -2.26. The summed E-state index contributed by atoms with van der Waals surface area (Å²) in [5.41, 5.74) is 8.77. The minimum absolute atomic E-state index is 0.0710. The van der Waals surface area contributed by atoms with Crippen LogP contribution < -0.4 is 15.6 Å². The van der Waals surface area contributed by atoms with Crippen molar-refractivity contribution in [3.05, 3.63) is 71.8 Å². The van der Waals surface area contributed by atoms with Crippen LogP contribution >= 0.6 is 0 Å². The zero-order valence-electron chi connectivity index (χ0n) is 13.5. The van der Waals surface area contributed by atoms with Crippen LogP contribution in [0, 0.1) is 0 Å². The number of methoxy groups -OCH3 is 1. The maximum atomic E-state index is 10.7. The molecule has 1 saturated heterocycles. The van der Waals surface area contributed by atoms with Crippen molar-refractivity contribution in [2.45, 2.75) is 18.5 Å². The summed E-state index contributed by atoms with van der Waals surface area (Å²) >= 11 is 0. The summed E-state index contributed by atoms with van der Waals surface area (Å²) < 4.78 is 5.21. The monoisotopic (exact) mass is 320 g/mol. The largest absolute Gasteiger partial charge is 0.507 e. The molecule has 0 amide bonds. The third-order valence-electron chi connectivity index (χ3n) is 4.73. The van der Waals surface area contributed by atoms with Gasteiger partial charge in [-0.2, -0.15) is 0 Å². The molecule has 0 aliphatic carbocycles. The number of phenolic OH excluding ortho intramolecular Hbond substituents is 1. The Balaban J connectivity index is 1.59. The zero-order valence-corrected chi connectivity index (χ0v) is 13.5. The Bertz CT molecular complexity index is 861. The second-order valence-electron chi connectivity index (χ2n) is 6.13. The number of hydrazine groups is 1. The molecular formula is C20H20N2O2. The van der Waals surface area contributed by atoms with Crippen molar-refractivity contribution in [1.29, 1.82) is 0 Å². The van der Waals surface area contributed by atoms with E-state index in [1.165, 1.54) is 5.56 Å². The molecule has 0 aromatic heterocycles. The van der Waals surface area contributed by atoms with Gasteiger partial charge in [0.05, 0.1) is 13.2 Å². The Morgan fingerprint density at radius 1 is 0.917 bits per heavy atom. The van der Waals surface area contributed by atoms with Gasteiger partial charge in [-0.3, -0.25) is 0 Å². The first-order chi connectivity index (χ1) is 11.8. The van der Waals surface area contributed by atoms with Gasteiger partial charge >= 0.3 is 0 Å². The number of aromatic hydroxyl groups is 1. The Morgan fingerprint density at radius 3 is 2.46 bits per heavy atom. The van der Waals surface area contributed by atoms with Crippen molar-refractivity contribution < 1.29 is 9.84 Å². The third kappa shape index (κ3) is 2.60. The quantitative estimate of drug-likeness (QED) is 0.686. The highest BCUT2D eigenvalue weighted by molar-refractivity contribution is 5.89. The molecule has 0 spiro atoms. The Hall–Kier alpha value is -2.56. The lowest BCUT2D eigenvalue weighted by molar-refractivity contribution is 0.414. The van der Waals surface area contributed by atoms with Gasteiger partial charge in [-0.05, 0) is 29.5 Å². The highest BCUT2D eigenvalue weighted by Gasteiger charge is 2.28. The predicted octanol–water partition coefficient (Wildman–Crippen LogP) is 3.83. The van der Waals surface area contributed by atoms with Crippen molar-refractivity contribution in [2.75, 3.05) is 7.11 Å². The average Bonchev–Trinajstić information content (AvgIpc) is 3.12. The SMILES string of the molecule is COc1ccc(C2CC(c3ccc4ccccc4c3O)NN2)cc1. The molecule has 1 fully saturated rings. The maximum absolute atomic E-state index is 10.7. The molecule has 4 heteroatoms. The molecule has 2 unspecified atom stereocenters. The first-order valence-electron chi connectivity index (χ1n) is 8.12. The van der Waals surface area contributed by atoms with Gasteiger partial charge in [0.15, 0.2) is 0 Å². The second-order valence-corrected chi connectivity index (χ2v) is 6.13. The fraction of sp³-hybridized carbons (Fsp3) is 0.200. The molecule has 0 radical (unpaired) electrons. The first-order valence-corrected chi connectivity index (χ1v) is 8.12. The van der Waals surface area contributed by atoms with E-state index in [-0.39, 0.29) is 12.1 Å². The van der Waals surface area contributed by atoms with Gasteiger partial charge in [-0.15, -0.1) is 0 Å². The van der Waals surface area contributed by atoms with Crippen molar-refractivity contribution in [2.24, 2.45) is 0 Å². The highest BCUT2D eigenvalue weighted by atomic mass is 16.5. The summed E-state index contributed by atoms with van der Waals surface area (Å²) in [7, 11) is 1.67. The summed E-state index contributed by atoms with van der Waals surface area (Å²) in [6, 6.07) is 20.3. The fourth-order valence-corrected chi connectivity index (χ4v) is 3.37. The smallest absolute Gasteiger partial charge is 0.128 e. The van der Waals surface area contributed by atoms with Crippen LogP contribution in [-0.4, -0.2) is 12.2 Å². The number of rotatable bonds is 3. The van der Waals surface area contributed by atoms with Gasteiger partial charge in [0, 0.05) is 17.0 Å². The fourth-order valence-electron chi connectivity index (χ4n) is 3.37. The van der Waals surface area contributed by atoms with Gasteiger partial charge in [0.2, 0.25) is 0 Å². The Labute approximate surface area is 141 Å². The first kappa shape index (κ1) is 15.0. The maximum Gasteiger partial charge on any atom is 0.128 e. The normalized spacial score (nSPS) is 20.4. The van der Waals surface area contributed by atoms with Gasteiger partial charge < -0.3 is 9.84 Å². The highest BCUT2D eigenvalue weighted by Crippen LogP contribution is 2.38. The molecule has 3 aromatic carbocycles. The Morgan fingerprint density at radius 2 is 1.67 bits per heavy atom. The van der Waals surface area contributed by atoms with E-state index in [9.17, 15) is 5.11 Å². The standard InChI is InChI=1S/C20H20N2O2/c1-24-15-9-6-14(7-10-15)18-12-19(22-21-18)17-11-8-13-4-2-3-5-16(13)20(17)23/h2-11,18-19,21-23H,12H2,1H3. The summed E-state index contributed by atoms with van der Waals surface area (Å²) in [5.74, 6) is 1.22.